The number of alkyl halides is 9. The van der Waals surface area contributed by atoms with Gasteiger partial charge in [-0.25, -0.2) is 8.78 Å². The monoisotopic (exact) mass is 318 g/mol. The first-order chi connectivity index (χ1) is 8.76. The van der Waals surface area contributed by atoms with Gasteiger partial charge in [0.05, 0.1) is 0 Å². The Bertz CT molecular complexity index is 337. The Morgan fingerprint density at radius 1 is 0.850 bits per heavy atom. The fourth-order valence-electron chi connectivity index (χ4n) is 2.01. The number of hydrogen-bond acceptors (Lipinski definition) is 0. The molecule has 0 nitrogen and oxygen atoms in total. The Balaban J connectivity index is 3.25. The minimum atomic E-state index is -6.65. The minimum absolute atomic E-state index is 0.128. The third-order valence-electron chi connectivity index (χ3n) is 3.10. The van der Waals surface area contributed by atoms with Gasteiger partial charge in [-0.1, -0.05) is 0 Å². The molecule has 118 valence electrons. The smallest absolute Gasteiger partial charge is 0.229 e. The molecule has 0 aliphatic heterocycles. The summed E-state index contributed by atoms with van der Waals surface area (Å²) in [5.74, 6) is -8.85. The largest absolute Gasteiger partial charge is 0.457 e. The van der Waals surface area contributed by atoms with Crippen molar-refractivity contribution in [2.45, 2.75) is 43.2 Å². The molecule has 20 heavy (non-hydrogen) atoms. The van der Waals surface area contributed by atoms with Gasteiger partial charge in [-0.3, -0.25) is 0 Å². The lowest BCUT2D eigenvalue weighted by Gasteiger charge is -2.38. The third-order valence-corrected chi connectivity index (χ3v) is 3.10. The van der Waals surface area contributed by atoms with Crippen molar-refractivity contribution in [1.82, 2.24) is 0 Å². The fraction of sp³-hybridized carbons (Fsp3) is 0.800. The highest BCUT2D eigenvalue weighted by Crippen LogP contribution is 2.58. The molecule has 1 aliphatic rings. The normalized spacial score (nSPS) is 22.4. The van der Waals surface area contributed by atoms with Gasteiger partial charge in [0.1, 0.15) is 0 Å². The van der Waals surface area contributed by atoms with E-state index in [9.17, 15) is 43.9 Å². The van der Waals surface area contributed by atoms with Crippen LogP contribution in [0.5, 0.6) is 0 Å². The lowest BCUT2D eigenvalue weighted by Crippen LogP contribution is -2.58. The molecular formula is C10H8F10. The molecule has 0 aromatic heterocycles. The molecule has 0 bridgehead atoms. The second-order valence-electron chi connectivity index (χ2n) is 4.39. The summed E-state index contributed by atoms with van der Waals surface area (Å²) in [6, 6.07) is 0. The molecule has 1 fully saturated rings. The van der Waals surface area contributed by atoms with Crippen molar-refractivity contribution in [3.8, 4) is 0 Å². The second-order valence-corrected chi connectivity index (χ2v) is 4.39. The van der Waals surface area contributed by atoms with Crippen LogP contribution in [0, 0.1) is 18.5 Å². The molecule has 1 rings (SSSR count). The molecule has 0 heterocycles. The molecule has 0 aromatic rings. The van der Waals surface area contributed by atoms with Crippen molar-refractivity contribution in [3.63, 3.8) is 0 Å². The zero-order valence-electron chi connectivity index (χ0n) is 9.56. The molecule has 0 amide bonds. The van der Waals surface area contributed by atoms with Gasteiger partial charge in [0.25, 0.3) is 11.8 Å². The maximum absolute atomic E-state index is 13.9. The highest BCUT2D eigenvalue weighted by molar-refractivity contribution is 5.19. The van der Waals surface area contributed by atoms with Gasteiger partial charge in [-0.2, -0.15) is 35.1 Å². The van der Waals surface area contributed by atoms with E-state index in [1.54, 1.807) is 0 Å². The van der Waals surface area contributed by atoms with Crippen LogP contribution in [0.3, 0.4) is 0 Å². The van der Waals surface area contributed by atoms with Crippen LogP contribution >= 0.6 is 0 Å². The van der Waals surface area contributed by atoms with E-state index in [4.69, 9.17) is 0 Å². The second kappa shape index (κ2) is 4.94. The highest BCUT2D eigenvalue weighted by Gasteiger charge is 2.78. The summed E-state index contributed by atoms with van der Waals surface area (Å²) >= 11 is 0. The first kappa shape index (κ1) is 17.4. The van der Waals surface area contributed by atoms with Crippen LogP contribution in [-0.2, 0) is 0 Å². The van der Waals surface area contributed by atoms with Crippen molar-refractivity contribution in [2.75, 3.05) is 0 Å². The van der Waals surface area contributed by atoms with Gasteiger partial charge in [0, 0.05) is 5.92 Å². The average Bonchev–Trinajstić information content (AvgIpc) is 2.77. The quantitative estimate of drug-likeness (QED) is 0.645. The fourth-order valence-corrected chi connectivity index (χ4v) is 2.01. The molecule has 10 heteroatoms. The Morgan fingerprint density at radius 2 is 1.35 bits per heavy atom. The van der Waals surface area contributed by atoms with Crippen molar-refractivity contribution in [3.05, 3.63) is 12.6 Å². The van der Waals surface area contributed by atoms with Gasteiger partial charge in [0.15, 0.2) is 0 Å². The maximum atomic E-state index is 13.9. The molecule has 2 atom stereocenters. The SMILES string of the molecule is F[C](C(F)(F)C(F)(F)F)C(F)(C1C[CH]CC1)C(F)(F)F. The molecule has 0 aromatic carbocycles. The number of halogens is 10. The van der Waals surface area contributed by atoms with E-state index in [1.165, 1.54) is 0 Å². The zero-order valence-corrected chi connectivity index (χ0v) is 9.56. The molecule has 2 radical (unpaired) electrons. The van der Waals surface area contributed by atoms with Gasteiger partial charge in [-0.15, -0.1) is 0 Å². The third kappa shape index (κ3) is 2.57. The van der Waals surface area contributed by atoms with E-state index >= 15 is 0 Å². The van der Waals surface area contributed by atoms with Crippen molar-refractivity contribution >= 4 is 0 Å². The lowest BCUT2D eigenvalue weighted by atomic mass is 9.80. The van der Waals surface area contributed by atoms with Gasteiger partial charge < -0.3 is 0 Å². The topological polar surface area (TPSA) is 0 Å². The maximum Gasteiger partial charge on any atom is 0.457 e. The van der Waals surface area contributed by atoms with Gasteiger partial charge >= 0.3 is 18.3 Å². The van der Waals surface area contributed by atoms with Crippen LogP contribution in [0.2, 0.25) is 0 Å². The molecule has 1 aliphatic carbocycles. The van der Waals surface area contributed by atoms with Crippen LogP contribution in [0.1, 0.15) is 19.3 Å². The lowest BCUT2D eigenvalue weighted by molar-refractivity contribution is -0.322. The van der Waals surface area contributed by atoms with E-state index in [0.29, 0.717) is 0 Å². The van der Waals surface area contributed by atoms with Crippen LogP contribution < -0.4 is 0 Å². The minimum Gasteiger partial charge on any atom is -0.229 e. The van der Waals surface area contributed by atoms with Crippen molar-refractivity contribution in [2.24, 2.45) is 5.92 Å². The standard InChI is InChI=1S/C10H8F10/c11-6(8(13,14)10(18,19)20)7(12,9(15,16)17)5-3-1-2-4-5/h1,5H,2-4H2. The number of rotatable bonds is 3. The van der Waals surface area contributed by atoms with E-state index in [1.807, 2.05) is 0 Å². The zero-order chi connectivity index (χ0) is 16.0. The summed E-state index contributed by atoms with van der Waals surface area (Å²) in [5.41, 5.74) is -5.33. The van der Waals surface area contributed by atoms with Crippen LogP contribution in [0.25, 0.3) is 0 Å². The molecule has 0 saturated heterocycles. The van der Waals surface area contributed by atoms with Crippen LogP contribution in [0.4, 0.5) is 43.9 Å². The first-order valence-corrected chi connectivity index (χ1v) is 5.31. The molecule has 0 spiro atoms. The predicted molar refractivity (Wildman–Crippen MR) is 46.9 cm³/mol. The Kier molecular flexibility index (Phi) is 4.29. The Hall–Kier alpha value is -0.700. The van der Waals surface area contributed by atoms with E-state index < -0.39 is 48.9 Å². The summed E-state index contributed by atoms with van der Waals surface area (Å²) in [6.45, 7) is 0. The van der Waals surface area contributed by atoms with E-state index in [0.717, 1.165) is 6.42 Å². The first-order valence-electron chi connectivity index (χ1n) is 5.31. The summed E-state index contributed by atoms with van der Waals surface area (Å²) < 4.78 is 126. The van der Waals surface area contributed by atoms with Gasteiger partial charge in [-0.05, 0) is 25.7 Å². The van der Waals surface area contributed by atoms with E-state index in [2.05, 4.69) is 0 Å². The Morgan fingerprint density at radius 3 is 1.65 bits per heavy atom. The summed E-state index contributed by atoms with van der Waals surface area (Å²) in [6.07, 6.45) is -17.4. The predicted octanol–water partition coefficient (Wildman–Crippen LogP) is 4.96. The molecule has 1 saturated carbocycles. The molecular weight excluding hydrogens is 310 g/mol. The average molecular weight is 318 g/mol. The summed E-state index contributed by atoms with van der Waals surface area (Å²) in [7, 11) is 0. The van der Waals surface area contributed by atoms with E-state index in [-0.39, 0.29) is 6.42 Å². The van der Waals surface area contributed by atoms with Crippen molar-refractivity contribution < 1.29 is 43.9 Å². The highest BCUT2D eigenvalue weighted by atomic mass is 19.4. The summed E-state index contributed by atoms with van der Waals surface area (Å²) in [4.78, 5) is 0. The van der Waals surface area contributed by atoms with Crippen LogP contribution in [0.15, 0.2) is 0 Å². The van der Waals surface area contributed by atoms with Crippen molar-refractivity contribution in [1.29, 1.82) is 0 Å². The number of hydrogen-bond donors (Lipinski definition) is 0. The molecule has 0 N–H and O–H groups in total. The van der Waals surface area contributed by atoms with Gasteiger partial charge in [0.2, 0.25) is 0 Å². The summed E-state index contributed by atoms with van der Waals surface area (Å²) in [5, 5.41) is 0. The Labute approximate surface area is 107 Å². The van der Waals surface area contributed by atoms with Crippen LogP contribution in [-0.4, -0.2) is 23.9 Å². The molecule has 2 unspecified atom stereocenters.